The van der Waals surface area contributed by atoms with Gasteiger partial charge in [-0.05, 0) is 43.0 Å². The Morgan fingerprint density at radius 3 is 2.45 bits per heavy atom. The number of quaternary nitrogens is 1. The lowest BCUT2D eigenvalue weighted by molar-refractivity contribution is -0.914. The maximum Gasteiger partial charge on any atom is 0.282 e. The van der Waals surface area contributed by atoms with Crippen molar-refractivity contribution in [1.29, 1.82) is 0 Å². The minimum Gasteiger partial charge on any atom is -0.497 e. The molecule has 1 aliphatic heterocycles. The van der Waals surface area contributed by atoms with Crippen molar-refractivity contribution in [3.8, 4) is 5.75 Å². The van der Waals surface area contributed by atoms with Crippen LogP contribution in [0, 0.1) is 6.92 Å². The zero-order chi connectivity index (χ0) is 21.0. The summed E-state index contributed by atoms with van der Waals surface area (Å²) in [7, 11) is 1.70. The lowest BCUT2D eigenvalue weighted by Gasteiger charge is -2.36. The molecule has 2 aromatic rings. The summed E-state index contributed by atoms with van der Waals surface area (Å²) in [6, 6.07) is 14.3. The Morgan fingerprint density at radius 2 is 1.79 bits per heavy atom. The molecule has 0 spiro atoms. The number of hydrogen-bond donors (Lipinski definition) is 2. The molecule has 1 aliphatic rings. The number of carbonyl (C=O) groups is 1. The van der Waals surface area contributed by atoms with Gasteiger partial charge in [-0.25, -0.2) is 0 Å². The lowest BCUT2D eigenvalue weighted by Crippen LogP contribution is -3.19. The molecule has 5 nitrogen and oxygen atoms in total. The zero-order valence-corrected chi connectivity index (χ0v) is 18.3. The van der Waals surface area contributed by atoms with Crippen molar-refractivity contribution >= 4 is 17.3 Å². The third kappa shape index (κ3) is 4.91. The van der Waals surface area contributed by atoms with E-state index in [1.807, 2.05) is 19.1 Å². The highest BCUT2D eigenvalue weighted by Crippen LogP contribution is 2.27. The van der Waals surface area contributed by atoms with Crippen LogP contribution < -0.4 is 19.9 Å². The van der Waals surface area contributed by atoms with E-state index in [1.165, 1.54) is 16.2 Å². The number of carbonyl (C=O) groups excluding carboxylic acids is 1. The van der Waals surface area contributed by atoms with E-state index in [2.05, 4.69) is 61.3 Å². The molecule has 2 N–H and O–H groups in total. The van der Waals surface area contributed by atoms with E-state index in [1.54, 1.807) is 7.11 Å². The molecule has 1 amide bonds. The second kappa shape index (κ2) is 9.31. The summed E-state index contributed by atoms with van der Waals surface area (Å²) in [5.41, 5.74) is 4.48. The van der Waals surface area contributed by atoms with E-state index in [0.29, 0.717) is 5.92 Å². The Labute approximate surface area is 174 Å². The Morgan fingerprint density at radius 1 is 1.10 bits per heavy atom. The predicted molar refractivity (Wildman–Crippen MR) is 119 cm³/mol. The van der Waals surface area contributed by atoms with Crippen LogP contribution in [0.3, 0.4) is 0 Å². The highest BCUT2D eigenvalue weighted by Gasteiger charge is 2.30. The predicted octanol–water partition coefficient (Wildman–Crippen LogP) is 2.86. The number of anilines is 2. The summed E-state index contributed by atoms with van der Waals surface area (Å²) in [5, 5.41) is 3.23. The van der Waals surface area contributed by atoms with Crippen molar-refractivity contribution in [2.75, 3.05) is 43.5 Å². The fourth-order valence-corrected chi connectivity index (χ4v) is 4.05. The molecule has 1 atom stereocenters. The molecule has 1 heterocycles. The van der Waals surface area contributed by atoms with Crippen molar-refractivity contribution in [2.45, 2.75) is 39.7 Å². The summed E-state index contributed by atoms with van der Waals surface area (Å²) in [4.78, 5) is 16.7. The summed E-state index contributed by atoms with van der Waals surface area (Å²) >= 11 is 0. The van der Waals surface area contributed by atoms with Crippen LogP contribution in [0.15, 0.2) is 42.5 Å². The van der Waals surface area contributed by atoms with E-state index >= 15 is 0 Å². The number of rotatable bonds is 6. The second-order valence-electron chi connectivity index (χ2n) is 8.25. The van der Waals surface area contributed by atoms with Gasteiger partial charge in [0, 0.05) is 17.4 Å². The zero-order valence-electron chi connectivity index (χ0n) is 18.3. The van der Waals surface area contributed by atoms with E-state index in [-0.39, 0.29) is 11.9 Å². The van der Waals surface area contributed by atoms with Gasteiger partial charge in [-0.15, -0.1) is 0 Å². The number of nitrogens with one attached hydrogen (secondary N) is 2. The molecule has 1 fully saturated rings. The maximum absolute atomic E-state index is 13.0. The third-order valence-electron chi connectivity index (χ3n) is 6.01. The van der Waals surface area contributed by atoms with Gasteiger partial charge < -0.3 is 19.9 Å². The average Bonchev–Trinajstić information content (AvgIpc) is 2.74. The average molecular weight is 397 g/mol. The van der Waals surface area contributed by atoms with Gasteiger partial charge in [-0.3, -0.25) is 4.79 Å². The number of ether oxygens (including phenoxy) is 1. The molecule has 0 aromatic heterocycles. The smallest absolute Gasteiger partial charge is 0.282 e. The monoisotopic (exact) mass is 396 g/mol. The first kappa shape index (κ1) is 21.2. The molecular formula is C24H34N3O2+. The number of benzene rings is 2. The van der Waals surface area contributed by atoms with Crippen molar-refractivity contribution < 1.29 is 14.4 Å². The van der Waals surface area contributed by atoms with Gasteiger partial charge in [-0.1, -0.05) is 38.1 Å². The largest absolute Gasteiger partial charge is 0.497 e. The van der Waals surface area contributed by atoms with Gasteiger partial charge in [-0.2, -0.15) is 0 Å². The number of methoxy groups -OCH3 is 1. The highest BCUT2D eigenvalue weighted by molar-refractivity contribution is 5.95. The fraction of sp³-hybridized carbons (Fsp3) is 0.458. The Bertz CT molecular complexity index is 842. The van der Waals surface area contributed by atoms with Gasteiger partial charge in [0.05, 0.1) is 33.3 Å². The number of aryl methyl sites for hydroxylation is 1. The number of nitrogens with zero attached hydrogens (tertiary/aromatic N) is 1. The summed E-state index contributed by atoms with van der Waals surface area (Å²) < 4.78 is 5.34. The molecule has 0 unspecified atom stereocenters. The first-order chi connectivity index (χ1) is 13.9. The molecule has 3 rings (SSSR count). The van der Waals surface area contributed by atoms with Crippen molar-refractivity contribution in [3.63, 3.8) is 0 Å². The van der Waals surface area contributed by atoms with Crippen LogP contribution in [0.2, 0.25) is 0 Å². The van der Waals surface area contributed by atoms with E-state index in [0.717, 1.165) is 43.2 Å². The first-order valence-corrected chi connectivity index (χ1v) is 10.5. The van der Waals surface area contributed by atoms with Crippen molar-refractivity contribution in [2.24, 2.45) is 0 Å². The van der Waals surface area contributed by atoms with E-state index < -0.39 is 0 Å². The Hall–Kier alpha value is -2.53. The molecule has 2 aromatic carbocycles. The number of para-hydroxylation sites is 1. The quantitative estimate of drug-likeness (QED) is 0.789. The molecule has 0 radical (unpaired) electrons. The SMILES string of the molecule is COc1cccc(N2CC[NH+]([C@@H](C)C(=O)Nc3c(C)cccc3C(C)C)CC2)c1. The standard InChI is InChI=1S/C24H33N3O2/c1-17(2)22-11-6-8-18(3)23(22)25-24(28)19(4)26-12-14-27(15-13-26)20-9-7-10-21(16-20)29-5/h6-11,16-17,19H,12-15H2,1-5H3,(H,25,28)/p+1/t19-/m0/s1. The third-order valence-corrected chi connectivity index (χ3v) is 6.01. The summed E-state index contributed by atoms with van der Waals surface area (Å²) in [6.45, 7) is 12.2. The molecule has 1 saturated heterocycles. The maximum atomic E-state index is 13.0. The first-order valence-electron chi connectivity index (χ1n) is 10.5. The summed E-state index contributed by atoms with van der Waals surface area (Å²) in [5.74, 6) is 1.36. The second-order valence-corrected chi connectivity index (χ2v) is 8.25. The minimum absolute atomic E-state index is 0.0814. The van der Waals surface area contributed by atoms with Crippen LogP contribution in [0.5, 0.6) is 5.75 Å². The van der Waals surface area contributed by atoms with Crippen LogP contribution in [-0.2, 0) is 4.79 Å². The van der Waals surface area contributed by atoms with E-state index in [4.69, 9.17) is 4.74 Å². The summed E-state index contributed by atoms with van der Waals surface area (Å²) in [6.07, 6.45) is 0. The number of piperazine rings is 1. The molecule has 0 bridgehead atoms. The highest BCUT2D eigenvalue weighted by atomic mass is 16.5. The Kier molecular flexibility index (Phi) is 6.80. The molecule has 156 valence electrons. The molecule has 0 saturated carbocycles. The van der Waals surface area contributed by atoms with Crippen LogP contribution >= 0.6 is 0 Å². The molecule has 0 aliphatic carbocycles. The van der Waals surface area contributed by atoms with E-state index in [9.17, 15) is 4.79 Å². The molecular weight excluding hydrogens is 362 g/mol. The van der Waals surface area contributed by atoms with Gasteiger partial charge in [0.2, 0.25) is 0 Å². The topological polar surface area (TPSA) is 46.0 Å². The van der Waals surface area contributed by atoms with Gasteiger partial charge in [0.15, 0.2) is 6.04 Å². The number of hydrogen-bond acceptors (Lipinski definition) is 3. The van der Waals surface area contributed by atoms with Crippen molar-refractivity contribution in [3.05, 3.63) is 53.6 Å². The van der Waals surface area contributed by atoms with Crippen molar-refractivity contribution in [1.82, 2.24) is 0 Å². The number of amides is 1. The van der Waals surface area contributed by atoms with Crippen LogP contribution in [0.4, 0.5) is 11.4 Å². The van der Waals surface area contributed by atoms with Gasteiger partial charge in [0.25, 0.3) is 5.91 Å². The van der Waals surface area contributed by atoms with Crippen LogP contribution in [-0.4, -0.2) is 45.2 Å². The van der Waals surface area contributed by atoms with Gasteiger partial charge >= 0.3 is 0 Å². The Balaban J connectivity index is 1.62. The van der Waals surface area contributed by atoms with Crippen LogP contribution in [0.1, 0.15) is 37.8 Å². The minimum atomic E-state index is -0.0814. The molecule has 29 heavy (non-hydrogen) atoms. The normalized spacial score (nSPS) is 16.0. The fourth-order valence-electron chi connectivity index (χ4n) is 4.05. The van der Waals surface area contributed by atoms with Gasteiger partial charge in [0.1, 0.15) is 5.75 Å². The van der Waals surface area contributed by atoms with Crippen LogP contribution in [0.25, 0.3) is 0 Å². The molecule has 5 heteroatoms. The lowest BCUT2D eigenvalue weighted by atomic mass is 9.98.